The summed E-state index contributed by atoms with van der Waals surface area (Å²) in [5.74, 6) is 0.261. The summed E-state index contributed by atoms with van der Waals surface area (Å²) in [7, 11) is 0. The number of aromatic nitrogens is 5. The summed E-state index contributed by atoms with van der Waals surface area (Å²) in [6.07, 6.45) is 5.77. The van der Waals surface area contributed by atoms with Crippen LogP contribution >= 0.6 is 34.4 Å². The zero-order chi connectivity index (χ0) is 15.9. The van der Waals surface area contributed by atoms with E-state index in [0.717, 1.165) is 20.6 Å². The lowest BCUT2D eigenvalue weighted by molar-refractivity contribution is 0.774. The highest BCUT2D eigenvalue weighted by Crippen LogP contribution is 2.26. The van der Waals surface area contributed by atoms with Crippen LogP contribution in [0.3, 0.4) is 0 Å². The quantitative estimate of drug-likeness (QED) is 0.394. The minimum absolute atomic E-state index is 0.261. The second-order valence-electron chi connectivity index (χ2n) is 4.96. The van der Waals surface area contributed by atoms with Gasteiger partial charge < -0.3 is 10.3 Å². The van der Waals surface area contributed by atoms with Gasteiger partial charge in [-0.25, -0.2) is 9.97 Å². The van der Waals surface area contributed by atoms with Gasteiger partial charge in [0, 0.05) is 11.1 Å². The number of hydrogen-bond acceptors (Lipinski definition) is 6. The van der Waals surface area contributed by atoms with Crippen molar-refractivity contribution in [3.8, 4) is 0 Å². The average molecular weight is 426 g/mol. The lowest BCUT2D eigenvalue weighted by Crippen LogP contribution is -2.06. The van der Waals surface area contributed by atoms with E-state index >= 15 is 0 Å². The molecular formula is C14H15IN6S. The lowest BCUT2D eigenvalue weighted by atomic mass is 10.1. The summed E-state index contributed by atoms with van der Waals surface area (Å²) in [5.41, 5.74) is 10.7. The molecule has 0 unspecified atom stereocenters. The standard InChI is InChI=1S/C14H15IN6S/c1-7-4-17-9(8(2)11(7)22-3)5-21-6-18-10-12(15)19-14(16)20-13(10)21/h4,6H,5H2,1-3H3,(H2,16,19,20). The van der Waals surface area contributed by atoms with Crippen molar-refractivity contribution in [2.24, 2.45) is 0 Å². The number of halogens is 1. The third kappa shape index (κ3) is 2.65. The third-order valence-corrected chi connectivity index (χ3v) is 5.30. The molecule has 0 saturated carbocycles. The maximum atomic E-state index is 5.75. The molecule has 0 radical (unpaired) electrons. The largest absolute Gasteiger partial charge is 0.368 e. The minimum Gasteiger partial charge on any atom is -0.368 e. The highest BCUT2D eigenvalue weighted by Gasteiger charge is 2.13. The van der Waals surface area contributed by atoms with E-state index in [4.69, 9.17) is 5.73 Å². The summed E-state index contributed by atoms with van der Waals surface area (Å²) in [4.78, 5) is 18.7. The van der Waals surface area contributed by atoms with E-state index < -0.39 is 0 Å². The molecule has 0 aliphatic rings. The Hall–Kier alpha value is -1.42. The van der Waals surface area contributed by atoms with Gasteiger partial charge in [-0.1, -0.05) is 0 Å². The fourth-order valence-electron chi connectivity index (χ4n) is 2.43. The molecule has 0 bridgehead atoms. The van der Waals surface area contributed by atoms with E-state index in [1.54, 1.807) is 18.1 Å². The van der Waals surface area contributed by atoms with Crippen LogP contribution in [-0.4, -0.2) is 30.8 Å². The van der Waals surface area contributed by atoms with Crippen molar-refractivity contribution >= 4 is 51.5 Å². The normalized spacial score (nSPS) is 11.3. The van der Waals surface area contributed by atoms with Crippen LogP contribution in [0, 0.1) is 17.5 Å². The van der Waals surface area contributed by atoms with E-state index in [2.05, 4.69) is 62.6 Å². The monoisotopic (exact) mass is 426 g/mol. The topological polar surface area (TPSA) is 82.5 Å². The van der Waals surface area contributed by atoms with Crippen molar-refractivity contribution in [2.75, 3.05) is 12.0 Å². The Morgan fingerprint density at radius 2 is 2.05 bits per heavy atom. The maximum absolute atomic E-state index is 5.75. The molecule has 2 N–H and O–H groups in total. The molecule has 0 aliphatic heterocycles. The average Bonchev–Trinajstić information content (AvgIpc) is 2.86. The van der Waals surface area contributed by atoms with E-state index in [9.17, 15) is 0 Å². The first-order valence-electron chi connectivity index (χ1n) is 6.64. The molecule has 114 valence electrons. The van der Waals surface area contributed by atoms with Crippen LogP contribution in [0.25, 0.3) is 11.2 Å². The Bertz CT molecular complexity index is 860. The summed E-state index contributed by atoms with van der Waals surface area (Å²) in [5, 5.41) is 0. The van der Waals surface area contributed by atoms with Crippen LogP contribution < -0.4 is 5.73 Å². The smallest absolute Gasteiger partial charge is 0.223 e. The highest BCUT2D eigenvalue weighted by atomic mass is 127. The number of anilines is 1. The summed E-state index contributed by atoms with van der Waals surface area (Å²) >= 11 is 3.87. The number of nitrogens with two attached hydrogens (primary N) is 1. The Morgan fingerprint density at radius 1 is 1.27 bits per heavy atom. The van der Waals surface area contributed by atoms with Gasteiger partial charge in [0.05, 0.1) is 18.6 Å². The summed E-state index contributed by atoms with van der Waals surface area (Å²) in [6, 6.07) is 0. The van der Waals surface area contributed by atoms with E-state index in [-0.39, 0.29) is 5.95 Å². The highest BCUT2D eigenvalue weighted by molar-refractivity contribution is 14.1. The molecule has 0 aliphatic carbocycles. The number of pyridine rings is 1. The van der Waals surface area contributed by atoms with Gasteiger partial charge in [-0.2, -0.15) is 4.98 Å². The number of thioether (sulfide) groups is 1. The van der Waals surface area contributed by atoms with Gasteiger partial charge in [0.15, 0.2) is 5.65 Å². The summed E-state index contributed by atoms with van der Waals surface area (Å²) < 4.78 is 2.72. The molecule has 0 amide bonds. The number of rotatable bonds is 3. The Kier molecular flexibility index (Phi) is 4.22. The van der Waals surface area contributed by atoms with Gasteiger partial charge in [0.25, 0.3) is 0 Å². The minimum atomic E-state index is 0.261. The number of aryl methyl sites for hydroxylation is 1. The van der Waals surface area contributed by atoms with Crippen LogP contribution in [0.15, 0.2) is 17.4 Å². The van der Waals surface area contributed by atoms with Crippen molar-refractivity contribution in [3.05, 3.63) is 33.0 Å². The predicted molar refractivity (Wildman–Crippen MR) is 97.0 cm³/mol. The molecule has 0 atom stereocenters. The van der Waals surface area contributed by atoms with Crippen molar-refractivity contribution in [1.82, 2.24) is 24.5 Å². The SMILES string of the molecule is CSc1c(C)cnc(Cn2cnc3c(I)nc(N)nc32)c1C. The van der Waals surface area contributed by atoms with E-state index in [1.165, 1.54) is 16.0 Å². The zero-order valence-corrected chi connectivity index (χ0v) is 15.4. The number of nitrogen functional groups attached to an aromatic ring is 1. The van der Waals surface area contributed by atoms with Gasteiger partial charge in [-0.15, -0.1) is 11.8 Å². The fraction of sp³-hybridized carbons (Fsp3) is 0.286. The van der Waals surface area contributed by atoms with Crippen LogP contribution in [0.4, 0.5) is 5.95 Å². The van der Waals surface area contributed by atoms with Crippen molar-refractivity contribution in [1.29, 1.82) is 0 Å². The number of imidazole rings is 1. The van der Waals surface area contributed by atoms with Gasteiger partial charge in [-0.05, 0) is 53.8 Å². The second-order valence-corrected chi connectivity index (χ2v) is 6.80. The third-order valence-electron chi connectivity index (χ3n) is 3.51. The molecule has 8 heteroatoms. The first kappa shape index (κ1) is 15.5. The Morgan fingerprint density at radius 3 is 2.77 bits per heavy atom. The fourth-order valence-corrected chi connectivity index (χ4v) is 3.86. The maximum Gasteiger partial charge on any atom is 0.223 e. The Balaban J connectivity index is 2.08. The first-order valence-corrected chi connectivity index (χ1v) is 8.94. The molecule has 0 aromatic carbocycles. The zero-order valence-electron chi connectivity index (χ0n) is 12.5. The van der Waals surface area contributed by atoms with Crippen LogP contribution in [0.1, 0.15) is 16.8 Å². The molecule has 22 heavy (non-hydrogen) atoms. The van der Waals surface area contributed by atoms with Gasteiger partial charge in [-0.3, -0.25) is 4.98 Å². The number of hydrogen-bond donors (Lipinski definition) is 1. The molecule has 6 nitrogen and oxygen atoms in total. The predicted octanol–water partition coefficient (Wildman–Crippen LogP) is 2.80. The second kappa shape index (κ2) is 5.99. The van der Waals surface area contributed by atoms with Gasteiger partial charge in [0.1, 0.15) is 9.22 Å². The number of nitrogens with zero attached hydrogens (tertiary/aromatic N) is 5. The molecule has 0 saturated heterocycles. The Labute approximate surface area is 146 Å². The van der Waals surface area contributed by atoms with Crippen molar-refractivity contribution in [2.45, 2.75) is 25.3 Å². The molecule has 3 rings (SSSR count). The summed E-state index contributed by atoms with van der Waals surface area (Å²) in [6.45, 7) is 4.80. The molecule has 0 spiro atoms. The van der Waals surface area contributed by atoms with Gasteiger partial charge >= 0.3 is 0 Å². The van der Waals surface area contributed by atoms with Crippen molar-refractivity contribution in [3.63, 3.8) is 0 Å². The van der Waals surface area contributed by atoms with Crippen LogP contribution in [0.2, 0.25) is 0 Å². The molecule has 3 heterocycles. The first-order chi connectivity index (χ1) is 10.5. The molecule has 0 fully saturated rings. The van der Waals surface area contributed by atoms with Crippen LogP contribution in [0.5, 0.6) is 0 Å². The molecule has 3 aromatic heterocycles. The number of fused-ring (bicyclic) bond motifs is 1. The van der Waals surface area contributed by atoms with E-state index in [1.807, 2.05) is 10.8 Å². The molecule has 3 aromatic rings. The van der Waals surface area contributed by atoms with Crippen LogP contribution in [-0.2, 0) is 6.54 Å². The van der Waals surface area contributed by atoms with E-state index in [0.29, 0.717) is 6.54 Å². The van der Waals surface area contributed by atoms with Gasteiger partial charge in [0.2, 0.25) is 5.95 Å². The van der Waals surface area contributed by atoms with Crippen molar-refractivity contribution < 1.29 is 0 Å². The molecular weight excluding hydrogens is 411 g/mol. The lowest BCUT2D eigenvalue weighted by Gasteiger charge is -2.12.